The molecule has 31 heavy (non-hydrogen) atoms. The van der Waals surface area contributed by atoms with Gasteiger partial charge >= 0.3 is 0 Å². The van der Waals surface area contributed by atoms with Crippen LogP contribution in [0.25, 0.3) is 0 Å². The van der Waals surface area contributed by atoms with Crippen molar-refractivity contribution in [2.45, 2.75) is 39.5 Å². The molecule has 0 saturated carbocycles. The van der Waals surface area contributed by atoms with E-state index in [0.717, 1.165) is 23.4 Å². The van der Waals surface area contributed by atoms with Gasteiger partial charge in [0.15, 0.2) is 5.78 Å². The van der Waals surface area contributed by atoms with Gasteiger partial charge in [-0.2, -0.15) is 0 Å². The Labute approximate surface area is 182 Å². The van der Waals surface area contributed by atoms with Gasteiger partial charge < -0.3 is 15.4 Å². The molecule has 1 aliphatic carbocycles. The maximum absolute atomic E-state index is 13.4. The second-order valence-corrected chi connectivity index (χ2v) is 8.90. The lowest BCUT2D eigenvalue weighted by molar-refractivity contribution is -0.118. The molecule has 1 amide bonds. The number of methoxy groups -OCH3 is 1. The number of dihydropyridines is 1. The minimum Gasteiger partial charge on any atom is -0.497 e. The fraction of sp³-hybridized carbons (Fsp3) is 0.320. The Bertz CT molecular complexity index is 1100. The van der Waals surface area contributed by atoms with E-state index < -0.39 is 5.92 Å². The molecule has 0 saturated heterocycles. The minimum absolute atomic E-state index is 0.0748. The summed E-state index contributed by atoms with van der Waals surface area (Å²) in [6, 6.07) is 11.1. The Hall–Kier alpha value is -3.41. The number of benzene rings is 1. The zero-order valence-corrected chi connectivity index (χ0v) is 18.3. The standard InChI is InChI=1S/C25H27N3O3/c1-15-21(24(30)28-17-8-6-10-26-14-17)22(16-7-5-9-18(11-16)31-4)23-19(27-15)12-25(2,3)13-20(23)29/h5-11,14,22,27H,12-13H2,1-4H3,(H,28,30). The van der Waals surface area contributed by atoms with Crippen molar-refractivity contribution >= 4 is 17.4 Å². The van der Waals surface area contributed by atoms with Gasteiger partial charge in [-0.15, -0.1) is 0 Å². The first-order valence-corrected chi connectivity index (χ1v) is 10.4. The average molecular weight is 418 g/mol. The second kappa shape index (κ2) is 8.02. The zero-order valence-electron chi connectivity index (χ0n) is 18.3. The molecular formula is C25H27N3O3. The minimum atomic E-state index is -0.466. The normalized spacial score (nSPS) is 20.1. The summed E-state index contributed by atoms with van der Waals surface area (Å²) in [7, 11) is 1.61. The number of hydrogen-bond donors (Lipinski definition) is 2. The molecule has 160 valence electrons. The third-order valence-corrected chi connectivity index (χ3v) is 5.83. The van der Waals surface area contributed by atoms with Crippen LogP contribution in [0.5, 0.6) is 5.75 Å². The number of nitrogens with zero attached hydrogens (tertiary/aromatic N) is 1. The molecule has 4 rings (SSSR count). The number of carbonyl (C=O) groups is 2. The van der Waals surface area contributed by atoms with Crippen molar-refractivity contribution in [2.75, 3.05) is 12.4 Å². The van der Waals surface area contributed by atoms with Gasteiger partial charge in [0.1, 0.15) is 5.75 Å². The molecule has 2 N–H and O–H groups in total. The molecule has 2 aliphatic rings. The number of rotatable bonds is 4. The Morgan fingerprint density at radius 1 is 1.23 bits per heavy atom. The maximum Gasteiger partial charge on any atom is 0.254 e. The van der Waals surface area contributed by atoms with Crippen molar-refractivity contribution in [1.29, 1.82) is 0 Å². The lowest BCUT2D eigenvalue weighted by Gasteiger charge is -2.39. The number of carbonyl (C=O) groups excluding carboxylic acids is 2. The third kappa shape index (κ3) is 4.10. The van der Waals surface area contributed by atoms with Gasteiger partial charge in [0, 0.05) is 41.1 Å². The fourth-order valence-electron chi connectivity index (χ4n) is 4.53. The van der Waals surface area contributed by atoms with Crippen LogP contribution < -0.4 is 15.4 Å². The third-order valence-electron chi connectivity index (χ3n) is 5.83. The molecular weight excluding hydrogens is 390 g/mol. The molecule has 0 bridgehead atoms. The number of hydrogen-bond acceptors (Lipinski definition) is 5. The molecule has 1 aromatic heterocycles. The van der Waals surface area contributed by atoms with Crippen LogP contribution in [0.4, 0.5) is 5.69 Å². The molecule has 0 radical (unpaired) electrons. The van der Waals surface area contributed by atoms with Gasteiger partial charge in [0.25, 0.3) is 5.91 Å². The quantitative estimate of drug-likeness (QED) is 0.774. The Balaban J connectivity index is 1.83. The van der Waals surface area contributed by atoms with Crippen LogP contribution in [0.1, 0.15) is 45.1 Å². The van der Waals surface area contributed by atoms with Gasteiger partial charge in [0.2, 0.25) is 0 Å². The summed E-state index contributed by atoms with van der Waals surface area (Å²) >= 11 is 0. The molecule has 0 spiro atoms. The predicted octanol–water partition coefficient (Wildman–Crippen LogP) is 4.33. The maximum atomic E-state index is 13.4. The Kier molecular flexibility index (Phi) is 5.39. The predicted molar refractivity (Wildman–Crippen MR) is 119 cm³/mol. The summed E-state index contributed by atoms with van der Waals surface area (Å²) in [6.07, 6.45) is 4.46. The van der Waals surface area contributed by atoms with Gasteiger partial charge in [0.05, 0.1) is 19.0 Å². The van der Waals surface area contributed by atoms with Crippen molar-refractivity contribution in [1.82, 2.24) is 10.3 Å². The van der Waals surface area contributed by atoms with E-state index in [2.05, 4.69) is 29.5 Å². The first-order valence-electron chi connectivity index (χ1n) is 10.4. The lowest BCUT2D eigenvalue weighted by atomic mass is 9.68. The highest BCUT2D eigenvalue weighted by atomic mass is 16.5. The SMILES string of the molecule is COc1cccc(C2C(C(=O)Nc3cccnc3)=C(C)NC3=C2C(=O)CC(C)(C)C3)c1. The van der Waals surface area contributed by atoms with Crippen LogP contribution in [0, 0.1) is 5.41 Å². The number of pyridine rings is 1. The molecule has 1 atom stereocenters. The molecule has 1 aliphatic heterocycles. The molecule has 2 aromatic rings. The first-order chi connectivity index (χ1) is 14.8. The smallest absolute Gasteiger partial charge is 0.254 e. The van der Waals surface area contributed by atoms with Crippen LogP contribution in [-0.2, 0) is 9.59 Å². The van der Waals surface area contributed by atoms with Crippen LogP contribution in [0.3, 0.4) is 0 Å². The summed E-state index contributed by atoms with van der Waals surface area (Å²) in [6.45, 7) is 6.09. The Morgan fingerprint density at radius 3 is 2.74 bits per heavy atom. The number of aromatic nitrogens is 1. The first kappa shape index (κ1) is 20.8. The molecule has 6 nitrogen and oxygen atoms in total. The number of nitrogens with one attached hydrogen (secondary N) is 2. The number of allylic oxidation sites excluding steroid dienone is 3. The molecule has 1 unspecified atom stereocenters. The van der Waals surface area contributed by atoms with Crippen molar-refractivity contribution < 1.29 is 14.3 Å². The van der Waals surface area contributed by atoms with Gasteiger partial charge in [-0.1, -0.05) is 26.0 Å². The number of ether oxygens (including phenoxy) is 1. The summed E-state index contributed by atoms with van der Waals surface area (Å²) in [4.78, 5) is 30.8. The van der Waals surface area contributed by atoms with Gasteiger partial charge in [-0.25, -0.2) is 0 Å². The van der Waals surface area contributed by atoms with Crippen molar-refractivity contribution in [3.8, 4) is 5.75 Å². The summed E-state index contributed by atoms with van der Waals surface area (Å²) in [5.74, 6) is 0.0406. The highest BCUT2D eigenvalue weighted by molar-refractivity contribution is 6.09. The van der Waals surface area contributed by atoms with E-state index in [0.29, 0.717) is 29.0 Å². The van der Waals surface area contributed by atoms with E-state index in [4.69, 9.17) is 4.74 Å². The van der Waals surface area contributed by atoms with E-state index >= 15 is 0 Å². The molecule has 6 heteroatoms. The van der Waals surface area contributed by atoms with E-state index in [1.807, 2.05) is 31.2 Å². The fourth-order valence-corrected chi connectivity index (χ4v) is 4.53. The van der Waals surface area contributed by atoms with Crippen molar-refractivity contribution in [3.05, 3.63) is 76.9 Å². The number of anilines is 1. The second-order valence-electron chi connectivity index (χ2n) is 8.90. The molecule has 0 fully saturated rings. The van der Waals surface area contributed by atoms with Crippen LogP contribution >= 0.6 is 0 Å². The van der Waals surface area contributed by atoms with Crippen molar-refractivity contribution in [2.24, 2.45) is 5.41 Å². The van der Waals surface area contributed by atoms with E-state index in [9.17, 15) is 9.59 Å². The Morgan fingerprint density at radius 2 is 2.03 bits per heavy atom. The zero-order chi connectivity index (χ0) is 22.2. The van der Waals surface area contributed by atoms with Gasteiger partial charge in [-0.05, 0) is 48.6 Å². The number of Topliss-reactive ketones (excluding diaryl/α,β-unsaturated/α-hetero) is 1. The molecule has 1 aromatic carbocycles. The summed E-state index contributed by atoms with van der Waals surface area (Å²) in [5.41, 5.74) is 4.20. The number of ketones is 1. The largest absolute Gasteiger partial charge is 0.497 e. The number of amides is 1. The van der Waals surface area contributed by atoms with Crippen LogP contribution in [0.2, 0.25) is 0 Å². The summed E-state index contributed by atoms with van der Waals surface area (Å²) in [5, 5.41) is 6.31. The van der Waals surface area contributed by atoms with Crippen LogP contribution in [-0.4, -0.2) is 23.8 Å². The molecule has 2 heterocycles. The monoisotopic (exact) mass is 417 g/mol. The average Bonchev–Trinajstić information content (AvgIpc) is 2.72. The van der Waals surface area contributed by atoms with E-state index in [1.165, 1.54) is 0 Å². The van der Waals surface area contributed by atoms with Crippen molar-refractivity contribution in [3.63, 3.8) is 0 Å². The highest BCUT2D eigenvalue weighted by Gasteiger charge is 2.42. The van der Waals surface area contributed by atoms with Gasteiger partial charge in [-0.3, -0.25) is 14.6 Å². The highest BCUT2D eigenvalue weighted by Crippen LogP contribution is 2.47. The van der Waals surface area contributed by atoms with E-state index in [1.54, 1.807) is 31.6 Å². The topological polar surface area (TPSA) is 80.3 Å². The van der Waals surface area contributed by atoms with Crippen LogP contribution in [0.15, 0.2) is 71.3 Å². The summed E-state index contributed by atoms with van der Waals surface area (Å²) < 4.78 is 5.42. The lowest BCUT2D eigenvalue weighted by Crippen LogP contribution is -2.39. The van der Waals surface area contributed by atoms with E-state index in [-0.39, 0.29) is 17.1 Å².